The van der Waals surface area contributed by atoms with Gasteiger partial charge in [0.25, 0.3) is 0 Å². The van der Waals surface area contributed by atoms with Crippen LogP contribution in [0.4, 0.5) is 33.7 Å². The Balaban J connectivity index is 1.58. The lowest BCUT2D eigenvalue weighted by Gasteiger charge is -2.33. The van der Waals surface area contributed by atoms with Crippen molar-refractivity contribution in [2.45, 2.75) is 43.5 Å². The SMILES string of the molecule is C[C@@H]1CN([C@H](C)CO)C(=O)Cc2cc(NC(=O)Nc3ccc(C(F)(F)F)cc3)ccc2O[C@@H]1CN(C)S(=O)(=O)c1ccc(F)cc1. The number of halogens is 4. The van der Waals surface area contributed by atoms with Gasteiger partial charge in [-0.15, -0.1) is 0 Å². The van der Waals surface area contributed by atoms with E-state index in [-0.39, 0.29) is 54.0 Å². The molecule has 0 saturated heterocycles. The summed E-state index contributed by atoms with van der Waals surface area (Å²) in [6, 6.07) is 11.6. The topological polar surface area (TPSA) is 128 Å². The van der Waals surface area contributed by atoms with Gasteiger partial charge in [0.2, 0.25) is 15.9 Å². The van der Waals surface area contributed by atoms with Gasteiger partial charge in [0.05, 0.1) is 36.1 Å². The number of urea groups is 1. The van der Waals surface area contributed by atoms with E-state index in [2.05, 4.69) is 10.6 Å². The number of fused-ring (bicyclic) bond motifs is 1. The third-order valence-electron chi connectivity index (χ3n) is 7.60. The third kappa shape index (κ3) is 8.33. The second kappa shape index (κ2) is 14.1. The molecule has 0 radical (unpaired) electrons. The lowest BCUT2D eigenvalue weighted by atomic mass is 10.0. The molecule has 10 nitrogen and oxygen atoms in total. The number of likely N-dealkylation sites (N-methyl/N-ethyl adjacent to an activating group) is 1. The number of ether oxygens (including phenoxy) is 1. The molecule has 46 heavy (non-hydrogen) atoms. The summed E-state index contributed by atoms with van der Waals surface area (Å²) in [7, 11) is -2.67. The van der Waals surface area contributed by atoms with E-state index < -0.39 is 51.7 Å². The molecule has 1 aliphatic rings. The lowest BCUT2D eigenvalue weighted by molar-refractivity contribution is -0.137. The number of amides is 3. The Morgan fingerprint density at radius 3 is 2.28 bits per heavy atom. The number of sulfonamides is 1. The lowest BCUT2D eigenvalue weighted by Crippen LogP contribution is -2.48. The van der Waals surface area contributed by atoms with Gasteiger partial charge in [-0.3, -0.25) is 4.79 Å². The Labute approximate surface area is 264 Å². The minimum Gasteiger partial charge on any atom is -0.488 e. The standard InChI is InChI=1S/C31H34F4N4O6S/c1-19-16-39(20(2)18-40)29(41)15-21-14-25(37-30(42)36-24-8-4-22(5-9-24)31(33,34)35)10-13-27(21)45-28(19)17-38(3)46(43,44)26-11-6-23(32)7-12-26/h4-14,19-20,28,40H,15-18H2,1-3H3,(H2,36,37,42)/t19-,20-,28-/m1/s1. The smallest absolute Gasteiger partial charge is 0.416 e. The number of aliphatic hydroxyl groups excluding tert-OH is 1. The number of nitrogens with one attached hydrogen (secondary N) is 2. The number of rotatable bonds is 8. The molecule has 0 saturated carbocycles. The highest BCUT2D eigenvalue weighted by Crippen LogP contribution is 2.31. The minimum atomic E-state index is -4.52. The predicted molar refractivity (Wildman–Crippen MR) is 162 cm³/mol. The molecule has 3 aromatic rings. The van der Waals surface area contributed by atoms with Gasteiger partial charge in [-0.1, -0.05) is 6.92 Å². The van der Waals surface area contributed by atoms with Crippen LogP contribution >= 0.6 is 0 Å². The van der Waals surface area contributed by atoms with Crippen molar-refractivity contribution in [3.8, 4) is 5.75 Å². The fourth-order valence-electron chi connectivity index (χ4n) is 4.90. The molecule has 3 N–H and O–H groups in total. The first-order valence-electron chi connectivity index (χ1n) is 14.3. The van der Waals surface area contributed by atoms with Crippen LogP contribution < -0.4 is 15.4 Å². The summed E-state index contributed by atoms with van der Waals surface area (Å²) in [5.74, 6) is -1.07. The van der Waals surface area contributed by atoms with E-state index in [1.165, 1.54) is 30.1 Å². The van der Waals surface area contributed by atoms with E-state index in [4.69, 9.17) is 4.74 Å². The zero-order chi connectivity index (χ0) is 33.8. The zero-order valence-corrected chi connectivity index (χ0v) is 26.0. The van der Waals surface area contributed by atoms with Crippen molar-refractivity contribution in [2.24, 2.45) is 5.92 Å². The Morgan fingerprint density at radius 2 is 1.67 bits per heavy atom. The van der Waals surface area contributed by atoms with Crippen molar-refractivity contribution in [3.05, 3.63) is 83.7 Å². The second-order valence-corrected chi connectivity index (χ2v) is 13.1. The molecule has 3 atom stereocenters. The zero-order valence-electron chi connectivity index (χ0n) is 25.2. The van der Waals surface area contributed by atoms with Crippen LogP contribution in [0.15, 0.2) is 71.6 Å². The molecule has 0 fully saturated rings. The fraction of sp³-hybridized carbons (Fsp3) is 0.355. The molecule has 0 spiro atoms. The molecule has 3 amide bonds. The quantitative estimate of drug-likeness (QED) is 0.292. The summed E-state index contributed by atoms with van der Waals surface area (Å²) in [5.41, 5.74) is -0.120. The molecule has 3 aromatic carbocycles. The van der Waals surface area contributed by atoms with E-state index >= 15 is 0 Å². The van der Waals surface area contributed by atoms with Gasteiger partial charge in [-0.2, -0.15) is 17.5 Å². The van der Waals surface area contributed by atoms with Crippen LogP contribution in [0, 0.1) is 11.7 Å². The predicted octanol–water partition coefficient (Wildman–Crippen LogP) is 4.96. The molecule has 248 valence electrons. The largest absolute Gasteiger partial charge is 0.488 e. The van der Waals surface area contributed by atoms with Crippen molar-refractivity contribution in [3.63, 3.8) is 0 Å². The van der Waals surface area contributed by atoms with E-state index in [0.717, 1.165) is 52.8 Å². The van der Waals surface area contributed by atoms with Gasteiger partial charge >= 0.3 is 12.2 Å². The van der Waals surface area contributed by atoms with Crippen molar-refractivity contribution in [2.75, 3.05) is 37.4 Å². The fourth-order valence-corrected chi connectivity index (χ4v) is 6.08. The summed E-state index contributed by atoms with van der Waals surface area (Å²) in [4.78, 5) is 27.5. The average Bonchev–Trinajstić information content (AvgIpc) is 3.04. The van der Waals surface area contributed by atoms with Gasteiger partial charge in [0.15, 0.2) is 0 Å². The van der Waals surface area contributed by atoms with Crippen LogP contribution in [0.3, 0.4) is 0 Å². The maximum atomic E-state index is 13.4. The normalized spacial score (nSPS) is 18.1. The number of carbonyl (C=O) groups is 2. The van der Waals surface area contributed by atoms with Crippen molar-refractivity contribution in [1.29, 1.82) is 0 Å². The molecule has 0 bridgehead atoms. The van der Waals surface area contributed by atoms with E-state index in [1.807, 2.05) is 0 Å². The summed E-state index contributed by atoms with van der Waals surface area (Å²) in [6.07, 6.45) is -5.47. The second-order valence-electron chi connectivity index (χ2n) is 11.1. The summed E-state index contributed by atoms with van der Waals surface area (Å²) in [6.45, 7) is 3.16. The molecule has 1 aliphatic heterocycles. The summed E-state index contributed by atoms with van der Waals surface area (Å²) >= 11 is 0. The van der Waals surface area contributed by atoms with Crippen LogP contribution in [-0.2, 0) is 27.4 Å². The molecule has 0 aromatic heterocycles. The molecular weight excluding hydrogens is 632 g/mol. The highest BCUT2D eigenvalue weighted by Gasteiger charge is 2.34. The molecule has 15 heteroatoms. The van der Waals surface area contributed by atoms with E-state index in [0.29, 0.717) is 5.56 Å². The first-order valence-corrected chi connectivity index (χ1v) is 15.7. The van der Waals surface area contributed by atoms with Crippen LogP contribution in [0.1, 0.15) is 25.0 Å². The third-order valence-corrected chi connectivity index (χ3v) is 9.44. The van der Waals surface area contributed by atoms with E-state index in [1.54, 1.807) is 13.8 Å². The number of anilines is 2. The number of aliphatic hydroxyl groups is 1. The maximum absolute atomic E-state index is 13.4. The Kier molecular flexibility index (Phi) is 10.6. The van der Waals surface area contributed by atoms with Crippen molar-refractivity contribution >= 4 is 33.3 Å². The highest BCUT2D eigenvalue weighted by molar-refractivity contribution is 7.89. The Morgan fingerprint density at radius 1 is 1.07 bits per heavy atom. The Bertz CT molecular complexity index is 1650. The summed E-state index contributed by atoms with van der Waals surface area (Å²) < 4.78 is 85.9. The number of carbonyl (C=O) groups excluding carboxylic acids is 2. The molecular formula is C31H34F4N4O6S. The number of benzene rings is 3. The molecule has 0 unspecified atom stereocenters. The monoisotopic (exact) mass is 666 g/mol. The van der Waals surface area contributed by atoms with Crippen molar-refractivity contribution < 1.29 is 45.4 Å². The average molecular weight is 667 g/mol. The first-order chi connectivity index (χ1) is 21.6. The maximum Gasteiger partial charge on any atom is 0.416 e. The number of alkyl halides is 3. The van der Waals surface area contributed by atoms with Gasteiger partial charge < -0.3 is 25.4 Å². The number of hydrogen-bond acceptors (Lipinski definition) is 6. The first kappa shape index (κ1) is 34.7. The van der Waals surface area contributed by atoms with Crippen LogP contribution in [0.2, 0.25) is 0 Å². The number of nitrogens with zero attached hydrogens (tertiary/aromatic N) is 2. The number of hydrogen-bond donors (Lipinski definition) is 3. The molecule has 4 rings (SSSR count). The van der Waals surface area contributed by atoms with Crippen LogP contribution in [-0.4, -0.2) is 73.6 Å². The Hall–Kier alpha value is -4.21. The van der Waals surface area contributed by atoms with Gasteiger partial charge in [0.1, 0.15) is 17.7 Å². The molecule has 0 aliphatic carbocycles. The van der Waals surface area contributed by atoms with Crippen molar-refractivity contribution in [1.82, 2.24) is 9.21 Å². The van der Waals surface area contributed by atoms with Crippen LogP contribution in [0.5, 0.6) is 5.75 Å². The van der Waals surface area contributed by atoms with Gasteiger partial charge in [0, 0.05) is 36.4 Å². The van der Waals surface area contributed by atoms with Gasteiger partial charge in [-0.25, -0.2) is 17.6 Å². The van der Waals surface area contributed by atoms with E-state index in [9.17, 15) is 40.7 Å². The summed E-state index contributed by atoms with van der Waals surface area (Å²) in [5, 5.41) is 14.9. The highest BCUT2D eigenvalue weighted by atomic mass is 32.2. The van der Waals surface area contributed by atoms with Gasteiger partial charge in [-0.05, 0) is 73.7 Å². The molecule has 1 heterocycles. The van der Waals surface area contributed by atoms with Crippen LogP contribution in [0.25, 0.3) is 0 Å². The minimum absolute atomic E-state index is 0.108.